The van der Waals surface area contributed by atoms with E-state index in [-0.39, 0.29) is 0 Å². The maximum absolute atomic E-state index is 4.71. The van der Waals surface area contributed by atoms with Crippen LogP contribution in [0.3, 0.4) is 0 Å². The molecule has 0 aromatic rings. The fraction of sp³-hybridized carbons (Fsp3) is 0. The Morgan fingerprint density at radius 3 is 2.83 bits per heavy atom. The predicted octanol–water partition coefficient (Wildman–Crippen LogP) is -1.34. The van der Waals surface area contributed by atoms with Gasteiger partial charge in [0.1, 0.15) is 0 Å². The average Bonchev–Trinajstić information content (AvgIpc) is 1.61. The summed E-state index contributed by atoms with van der Waals surface area (Å²) in [5.41, 5.74) is 7.14. The molecule has 0 aromatic heterocycles. The first-order chi connectivity index (χ1) is 2.91. The molecule has 0 aliphatic carbocycles. The summed E-state index contributed by atoms with van der Waals surface area (Å²) >= 11 is 2.18. The molecule has 4 heteroatoms. The van der Waals surface area contributed by atoms with E-state index in [1.807, 2.05) is 6.34 Å². The number of nitrogens with zero attached hydrogens (tertiary/aromatic N) is 1. The zero-order chi connectivity index (χ0) is 4.83. The van der Waals surface area contributed by atoms with Crippen LogP contribution >= 0.6 is 0 Å². The van der Waals surface area contributed by atoms with Crippen molar-refractivity contribution in [2.24, 2.45) is 10.8 Å². The third kappa shape index (κ3) is 3.72. The molecule has 0 spiro atoms. The van der Waals surface area contributed by atoms with Crippen LogP contribution < -0.4 is 11.2 Å². The fourth-order valence-corrected chi connectivity index (χ4v) is 0.156. The van der Waals surface area contributed by atoms with Gasteiger partial charge >= 0.3 is 44.4 Å². The molecule has 0 bridgehead atoms. The van der Waals surface area contributed by atoms with Crippen LogP contribution in [-0.4, -0.2) is 11.2 Å². The van der Waals surface area contributed by atoms with Gasteiger partial charge in [-0.1, -0.05) is 0 Å². The van der Waals surface area contributed by atoms with Crippen LogP contribution in [0.1, 0.15) is 0 Å². The second-order valence-electron chi connectivity index (χ2n) is 0.499. The van der Waals surface area contributed by atoms with Crippen molar-refractivity contribution in [2.45, 2.75) is 0 Å². The Morgan fingerprint density at radius 2 is 2.67 bits per heavy atom. The van der Waals surface area contributed by atoms with Gasteiger partial charge in [0, 0.05) is 0 Å². The van der Waals surface area contributed by atoms with E-state index in [4.69, 9.17) is 5.73 Å². The summed E-state index contributed by atoms with van der Waals surface area (Å²) in [4.78, 5) is 1.59. The van der Waals surface area contributed by atoms with Gasteiger partial charge in [-0.2, -0.15) is 0 Å². The molecule has 0 saturated carbocycles. The van der Waals surface area contributed by atoms with Gasteiger partial charge in [-0.3, -0.25) is 0 Å². The predicted molar refractivity (Wildman–Crippen MR) is 20.8 cm³/mol. The minimum atomic E-state index is 1.59. The number of hydrogen-bond acceptors (Lipinski definition) is 2. The molecule has 0 aliphatic heterocycles. The summed E-state index contributed by atoms with van der Waals surface area (Å²) in [6, 6.07) is 0. The normalized spacial score (nSPS) is 8.50. The van der Waals surface area contributed by atoms with E-state index >= 15 is 0 Å². The van der Waals surface area contributed by atoms with E-state index in [2.05, 4.69) is 27.5 Å². The summed E-state index contributed by atoms with van der Waals surface area (Å²) in [7, 11) is 0. The molecular weight excluding hydrogens is 117 g/mol. The molecule has 0 unspecified atom stereocenters. The number of rotatable bonds is 2. The van der Waals surface area contributed by atoms with Crippen molar-refractivity contribution in [1.29, 1.82) is 0 Å². The van der Waals surface area contributed by atoms with Crippen LogP contribution in [0.4, 0.5) is 0 Å². The number of nitrogens with one attached hydrogen (secondary N) is 1. The molecule has 0 aromatic carbocycles. The number of nitrogens with two attached hydrogens (primary N) is 1. The third-order valence-electron chi connectivity index (χ3n) is 0.187. The Morgan fingerprint density at radius 1 is 2.00 bits per heavy atom. The molecule has 0 saturated heterocycles. The van der Waals surface area contributed by atoms with Crippen LogP contribution in [-0.2, 0) is 17.0 Å². The van der Waals surface area contributed by atoms with E-state index in [9.17, 15) is 0 Å². The van der Waals surface area contributed by atoms with Gasteiger partial charge in [0.05, 0.1) is 0 Å². The van der Waals surface area contributed by atoms with Gasteiger partial charge in [-0.15, -0.1) is 0 Å². The zero-order valence-corrected chi connectivity index (χ0v) is 4.45. The molecule has 3 N–H and O–H groups in total. The van der Waals surface area contributed by atoms with Crippen LogP contribution in [0.15, 0.2) is 5.10 Å². The molecule has 33 valence electrons. The molecule has 0 rings (SSSR count). The number of hydrazone groups is 1. The summed E-state index contributed by atoms with van der Waals surface area (Å²) in [5, 5.41) is 3.30. The molecule has 0 radical (unpaired) electrons. The standard InChI is InChI=1S/C2H4N3.V/c1-4-5-2-3;/h1,4H,(H2,3,5);/q-1;. The Labute approximate surface area is 45.1 Å². The summed E-state index contributed by atoms with van der Waals surface area (Å²) in [6.45, 7) is 0. The average molecular weight is 121 g/mol. The van der Waals surface area contributed by atoms with Crippen LogP contribution in [0.5, 0.6) is 0 Å². The first kappa shape index (κ1) is 5.72. The summed E-state index contributed by atoms with van der Waals surface area (Å²) in [5.74, 6) is 0. The van der Waals surface area contributed by atoms with Crippen molar-refractivity contribution in [3.05, 3.63) is 0 Å². The van der Waals surface area contributed by atoms with Crippen molar-refractivity contribution < 1.29 is 17.0 Å². The molecular formula is C2H4N3V-. The Bertz CT molecular complexity index is 59.8. The molecule has 0 aliphatic rings. The first-order valence-electron chi connectivity index (χ1n) is 1.28. The maximum atomic E-state index is 4.71. The summed E-state index contributed by atoms with van der Waals surface area (Å²) < 4.78 is 0. The van der Waals surface area contributed by atoms with Crippen molar-refractivity contribution in [2.75, 3.05) is 0 Å². The molecule has 6 heavy (non-hydrogen) atoms. The number of hydrogen-bond donors (Lipinski definition) is 2. The van der Waals surface area contributed by atoms with Gasteiger partial charge in [0.25, 0.3) is 0 Å². The summed E-state index contributed by atoms with van der Waals surface area (Å²) in [6.07, 6.45) is 2.04. The van der Waals surface area contributed by atoms with Crippen molar-refractivity contribution >= 4 is 11.2 Å². The van der Waals surface area contributed by atoms with E-state index in [1.54, 1.807) is 4.85 Å². The van der Waals surface area contributed by atoms with E-state index in [0.717, 1.165) is 0 Å². The Balaban J connectivity index is 2.85. The van der Waals surface area contributed by atoms with Crippen molar-refractivity contribution in [3.8, 4) is 0 Å². The quantitative estimate of drug-likeness (QED) is 0.156. The fourth-order valence-electron chi connectivity index (χ4n) is 0.0661. The van der Waals surface area contributed by atoms with Gasteiger partial charge in [-0.05, 0) is 0 Å². The molecule has 0 amide bonds. The van der Waals surface area contributed by atoms with Gasteiger partial charge in [-0.25, -0.2) is 0 Å². The first-order valence-corrected chi connectivity index (χ1v) is 2.09. The van der Waals surface area contributed by atoms with Gasteiger partial charge in [0.2, 0.25) is 0 Å². The topological polar surface area (TPSA) is 50.4 Å². The van der Waals surface area contributed by atoms with Crippen LogP contribution in [0, 0.1) is 0 Å². The molecule has 0 atom stereocenters. The van der Waals surface area contributed by atoms with E-state index in [1.165, 1.54) is 0 Å². The zero-order valence-electron chi connectivity index (χ0n) is 3.05. The Kier molecular flexibility index (Phi) is 4.51. The SMILES string of the molecule is N[C-]=NN[CH]=[V]. The van der Waals surface area contributed by atoms with E-state index < -0.39 is 0 Å². The van der Waals surface area contributed by atoms with E-state index in [0.29, 0.717) is 0 Å². The molecule has 0 heterocycles. The molecule has 3 nitrogen and oxygen atoms in total. The van der Waals surface area contributed by atoms with Crippen LogP contribution in [0.2, 0.25) is 0 Å². The Hall–Kier alpha value is -0.276. The van der Waals surface area contributed by atoms with Crippen molar-refractivity contribution in [3.63, 3.8) is 0 Å². The monoisotopic (exact) mass is 121 g/mol. The van der Waals surface area contributed by atoms with Crippen molar-refractivity contribution in [1.82, 2.24) is 5.43 Å². The minimum absolute atomic E-state index is 1.59. The van der Waals surface area contributed by atoms with Crippen LogP contribution in [0.25, 0.3) is 0 Å². The second-order valence-corrected chi connectivity index (χ2v) is 0.902. The van der Waals surface area contributed by atoms with Gasteiger partial charge < -0.3 is 0 Å². The van der Waals surface area contributed by atoms with Gasteiger partial charge in [0.15, 0.2) is 0 Å². The molecule has 0 fully saturated rings. The third-order valence-corrected chi connectivity index (χ3v) is 0.367. The second kappa shape index (κ2) is 4.72.